The van der Waals surface area contributed by atoms with Gasteiger partial charge in [-0.05, 0) is 61.6 Å². The molecule has 4 nitrogen and oxygen atoms in total. The van der Waals surface area contributed by atoms with Crippen molar-refractivity contribution < 1.29 is 8.42 Å². The summed E-state index contributed by atoms with van der Waals surface area (Å²) in [4.78, 5) is 3.69. The molecular formula is C28H28N2O2S. The lowest BCUT2D eigenvalue weighted by Crippen LogP contribution is -2.28. The van der Waals surface area contributed by atoms with E-state index in [0.717, 1.165) is 51.7 Å². The molecule has 5 rings (SSSR count). The molecule has 1 N–H and O–H groups in total. The van der Waals surface area contributed by atoms with E-state index in [1.165, 1.54) is 9.87 Å². The Bertz CT molecular complexity index is 1450. The maximum Gasteiger partial charge on any atom is 0.263 e. The highest BCUT2D eigenvalue weighted by Crippen LogP contribution is 2.47. The van der Waals surface area contributed by atoms with Crippen LogP contribution < -0.4 is 0 Å². The molecule has 0 unspecified atom stereocenters. The van der Waals surface area contributed by atoms with Crippen molar-refractivity contribution >= 4 is 26.5 Å². The first-order valence-electron chi connectivity index (χ1n) is 11.3. The third-order valence-electron chi connectivity index (χ3n) is 6.74. The zero-order valence-corrected chi connectivity index (χ0v) is 20.0. The van der Waals surface area contributed by atoms with E-state index in [1.54, 1.807) is 19.2 Å². The molecule has 0 amide bonds. The molecule has 0 saturated heterocycles. The van der Waals surface area contributed by atoms with Crippen LogP contribution in [0.1, 0.15) is 41.0 Å². The summed E-state index contributed by atoms with van der Waals surface area (Å²) in [6.07, 6.45) is 3.74. The number of nitrogens with one attached hydrogen (secondary N) is 1. The summed E-state index contributed by atoms with van der Waals surface area (Å²) < 4.78 is 29.0. The molecule has 1 aliphatic rings. The first-order chi connectivity index (χ1) is 15.9. The Labute approximate surface area is 195 Å². The molecule has 0 aliphatic heterocycles. The van der Waals surface area contributed by atoms with Gasteiger partial charge < -0.3 is 4.98 Å². The molecule has 1 heterocycles. The van der Waals surface area contributed by atoms with Crippen LogP contribution in [0.5, 0.6) is 0 Å². The number of hydrogen-bond donors (Lipinski definition) is 1. The molecule has 1 aromatic heterocycles. The van der Waals surface area contributed by atoms with Crippen LogP contribution in [0.3, 0.4) is 0 Å². The van der Waals surface area contributed by atoms with Crippen LogP contribution in [-0.2, 0) is 10.0 Å². The van der Waals surface area contributed by atoms with Crippen molar-refractivity contribution in [3.05, 3.63) is 107 Å². The second kappa shape index (κ2) is 8.23. The van der Waals surface area contributed by atoms with Gasteiger partial charge in [0.25, 0.3) is 10.0 Å². The number of hydrogen-bond acceptors (Lipinski definition) is 2. The van der Waals surface area contributed by atoms with E-state index in [2.05, 4.69) is 48.3 Å². The summed E-state index contributed by atoms with van der Waals surface area (Å²) in [5, 5.41) is 1.14. The van der Waals surface area contributed by atoms with Crippen LogP contribution in [0.4, 0.5) is 0 Å². The van der Waals surface area contributed by atoms with Crippen LogP contribution in [0.2, 0.25) is 0 Å². The van der Waals surface area contributed by atoms with Gasteiger partial charge in [-0.3, -0.25) is 4.31 Å². The summed E-state index contributed by atoms with van der Waals surface area (Å²) in [6, 6.07) is 23.7. The van der Waals surface area contributed by atoms with Crippen LogP contribution in [-0.4, -0.2) is 24.8 Å². The molecule has 5 heteroatoms. The number of aryl methyl sites for hydroxylation is 2. The van der Waals surface area contributed by atoms with Crippen molar-refractivity contribution in [2.24, 2.45) is 0 Å². The molecule has 4 aromatic rings. The van der Waals surface area contributed by atoms with E-state index in [9.17, 15) is 8.42 Å². The maximum atomic E-state index is 13.7. The third kappa shape index (κ3) is 3.76. The predicted molar refractivity (Wildman–Crippen MR) is 135 cm³/mol. The Hall–Kier alpha value is -3.31. The van der Waals surface area contributed by atoms with Crippen molar-refractivity contribution in [3.8, 4) is 0 Å². The summed E-state index contributed by atoms with van der Waals surface area (Å²) in [5.74, 6) is -0.0114. The van der Waals surface area contributed by atoms with Crippen LogP contribution in [0.15, 0.2) is 89.6 Å². The van der Waals surface area contributed by atoms with Crippen LogP contribution in [0.25, 0.3) is 16.5 Å². The van der Waals surface area contributed by atoms with Crippen LogP contribution in [0, 0.1) is 13.8 Å². The molecule has 33 heavy (non-hydrogen) atoms. The SMILES string of the molecule is Cc1ccc(C2=C(N(C)S(=O)(=O)c3ccc(C)cc3)[C@H](c3c[nH]c4ccccc34)CC2)cc1. The number of nitrogens with zero attached hydrogens (tertiary/aromatic N) is 1. The van der Waals surface area contributed by atoms with Crippen molar-refractivity contribution in [3.63, 3.8) is 0 Å². The summed E-state index contributed by atoms with van der Waals surface area (Å²) in [6.45, 7) is 4.03. The number of aromatic amines is 1. The lowest BCUT2D eigenvalue weighted by atomic mass is 9.95. The Kier molecular flexibility index (Phi) is 5.37. The molecule has 0 fully saturated rings. The number of aromatic nitrogens is 1. The van der Waals surface area contributed by atoms with E-state index in [4.69, 9.17) is 0 Å². The van der Waals surface area contributed by atoms with Gasteiger partial charge >= 0.3 is 0 Å². The topological polar surface area (TPSA) is 53.2 Å². The smallest absolute Gasteiger partial charge is 0.263 e. The Morgan fingerprint density at radius 2 is 1.52 bits per heavy atom. The quantitative estimate of drug-likeness (QED) is 0.378. The first kappa shape index (κ1) is 21.5. The minimum Gasteiger partial charge on any atom is -0.361 e. The van der Waals surface area contributed by atoms with Gasteiger partial charge in [0.1, 0.15) is 0 Å². The van der Waals surface area contributed by atoms with Gasteiger partial charge in [-0.15, -0.1) is 0 Å². The van der Waals surface area contributed by atoms with Gasteiger partial charge in [-0.2, -0.15) is 0 Å². The first-order valence-corrected chi connectivity index (χ1v) is 12.7. The highest BCUT2D eigenvalue weighted by Gasteiger charge is 2.36. The minimum absolute atomic E-state index is 0.0114. The molecule has 1 aliphatic carbocycles. The number of likely N-dealkylation sites (N-methyl/N-ethyl adjacent to an activating group) is 1. The Morgan fingerprint density at radius 3 is 2.21 bits per heavy atom. The van der Waals surface area contributed by atoms with E-state index in [-0.39, 0.29) is 5.92 Å². The van der Waals surface area contributed by atoms with E-state index in [0.29, 0.717) is 4.90 Å². The van der Waals surface area contributed by atoms with Gasteiger partial charge in [-0.25, -0.2) is 8.42 Å². The highest BCUT2D eigenvalue weighted by atomic mass is 32.2. The largest absolute Gasteiger partial charge is 0.361 e. The summed E-state index contributed by atoms with van der Waals surface area (Å²) in [7, 11) is -2.00. The molecule has 0 spiro atoms. The number of fused-ring (bicyclic) bond motifs is 1. The normalized spacial score (nSPS) is 16.5. The molecule has 1 atom stereocenters. The number of allylic oxidation sites excluding steroid dienone is 2. The van der Waals surface area contributed by atoms with E-state index in [1.807, 2.05) is 37.4 Å². The Balaban J connectivity index is 1.68. The van der Waals surface area contributed by atoms with Crippen molar-refractivity contribution in [1.82, 2.24) is 9.29 Å². The summed E-state index contributed by atoms with van der Waals surface area (Å²) >= 11 is 0. The minimum atomic E-state index is -3.70. The van der Waals surface area contributed by atoms with E-state index < -0.39 is 10.0 Å². The number of rotatable bonds is 5. The number of benzene rings is 3. The van der Waals surface area contributed by atoms with Gasteiger partial charge in [0.15, 0.2) is 0 Å². The average Bonchev–Trinajstić information content (AvgIpc) is 3.43. The Morgan fingerprint density at radius 1 is 0.879 bits per heavy atom. The fourth-order valence-corrected chi connectivity index (χ4v) is 6.20. The molecular weight excluding hydrogens is 428 g/mol. The van der Waals surface area contributed by atoms with Crippen molar-refractivity contribution in [2.45, 2.75) is 37.5 Å². The fourth-order valence-electron chi connectivity index (χ4n) is 4.90. The molecule has 0 radical (unpaired) electrons. The van der Waals surface area contributed by atoms with E-state index >= 15 is 0 Å². The molecule has 0 saturated carbocycles. The highest BCUT2D eigenvalue weighted by molar-refractivity contribution is 7.89. The molecule has 3 aromatic carbocycles. The summed E-state index contributed by atoms with van der Waals surface area (Å²) in [5.41, 5.74) is 7.49. The zero-order chi connectivity index (χ0) is 23.2. The van der Waals surface area contributed by atoms with Crippen molar-refractivity contribution in [2.75, 3.05) is 7.05 Å². The lowest BCUT2D eigenvalue weighted by molar-refractivity contribution is 0.505. The van der Waals surface area contributed by atoms with Gasteiger partial charge in [0.05, 0.1) is 4.90 Å². The molecule has 168 valence electrons. The molecule has 0 bridgehead atoms. The zero-order valence-electron chi connectivity index (χ0n) is 19.2. The number of para-hydroxylation sites is 1. The van der Waals surface area contributed by atoms with Crippen LogP contribution >= 0.6 is 0 Å². The predicted octanol–water partition coefficient (Wildman–Crippen LogP) is 6.39. The average molecular weight is 457 g/mol. The maximum absolute atomic E-state index is 13.7. The van der Waals surface area contributed by atoms with Gasteiger partial charge in [-0.1, -0.05) is 65.7 Å². The third-order valence-corrected chi connectivity index (χ3v) is 8.52. The van der Waals surface area contributed by atoms with Gasteiger partial charge in [0.2, 0.25) is 0 Å². The number of H-pyrrole nitrogens is 1. The second-order valence-corrected chi connectivity index (χ2v) is 10.9. The monoisotopic (exact) mass is 456 g/mol. The standard InChI is InChI=1S/C28H28N2O2S/c1-19-8-12-21(13-9-19)23-16-17-25(26-18-29-27-7-5-4-6-24(26)27)28(23)30(3)33(31,32)22-14-10-20(2)11-15-22/h4-15,18,25,29H,16-17H2,1-3H3/t25-/m0/s1. The fraction of sp³-hybridized carbons (Fsp3) is 0.214. The van der Waals surface area contributed by atoms with Gasteiger partial charge in [0, 0.05) is 35.8 Å². The number of sulfonamides is 1. The lowest BCUT2D eigenvalue weighted by Gasteiger charge is -2.27. The second-order valence-electron chi connectivity index (χ2n) is 8.90. The van der Waals surface area contributed by atoms with Crippen molar-refractivity contribution in [1.29, 1.82) is 0 Å².